The van der Waals surface area contributed by atoms with Crippen LogP contribution in [0.2, 0.25) is 0 Å². The van der Waals surface area contributed by atoms with E-state index in [9.17, 15) is 4.79 Å². The second kappa shape index (κ2) is 5.84. The molecule has 0 unspecified atom stereocenters. The van der Waals surface area contributed by atoms with Crippen molar-refractivity contribution < 1.29 is 4.42 Å². The fraction of sp³-hybridized carbons (Fsp3) is 0.462. The number of aromatic amines is 1. The smallest absolute Gasteiger partial charge is 0.408 e. The Bertz CT molecular complexity index is 559. The van der Waals surface area contributed by atoms with Crippen LogP contribution in [0.5, 0.6) is 0 Å². The Labute approximate surface area is 106 Å². The van der Waals surface area contributed by atoms with E-state index in [0.717, 1.165) is 43.6 Å². The van der Waals surface area contributed by atoms with Crippen molar-refractivity contribution in [2.75, 3.05) is 20.1 Å². The van der Waals surface area contributed by atoms with Gasteiger partial charge in [-0.2, -0.15) is 0 Å². The monoisotopic (exact) mass is 249 g/mol. The van der Waals surface area contributed by atoms with Crippen LogP contribution in [0.4, 0.5) is 0 Å². The SMILES string of the molecule is CN(CCCCN)Cc1ccc2oc(=O)[nH]c2c1. The van der Waals surface area contributed by atoms with Crippen LogP contribution in [-0.2, 0) is 6.54 Å². The predicted octanol–water partition coefficient (Wildman–Crippen LogP) is 1.29. The minimum absolute atomic E-state index is 0.404. The van der Waals surface area contributed by atoms with E-state index in [0.29, 0.717) is 5.58 Å². The van der Waals surface area contributed by atoms with Crippen LogP contribution in [0.1, 0.15) is 18.4 Å². The van der Waals surface area contributed by atoms with Gasteiger partial charge in [0, 0.05) is 6.54 Å². The summed E-state index contributed by atoms with van der Waals surface area (Å²) in [6.45, 7) is 2.63. The van der Waals surface area contributed by atoms with E-state index in [1.54, 1.807) is 0 Å². The molecule has 0 fully saturated rings. The fourth-order valence-electron chi connectivity index (χ4n) is 2.01. The maximum Gasteiger partial charge on any atom is 0.417 e. The molecule has 1 aromatic carbocycles. The summed E-state index contributed by atoms with van der Waals surface area (Å²) < 4.78 is 4.97. The topological polar surface area (TPSA) is 75.3 Å². The number of benzene rings is 1. The van der Waals surface area contributed by atoms with Crippen LogP contribution in [-0.4, -0.2) is 30.0 Å². The van der Waals surface area contributed by atoms with Gasteiger partial charge in [0.25, 0.3) is 0 Å². The summed E-state index contributed by atoms with van der Waals surface area (Å²) in [5.41, 5.74) is 7.99. The van der Waals surface area contributed by atoms with Crippen LogP contribution < -0.4 is 11.5 Å². The first-order chi connectivity index (χ1) is 8.69. The van der Waals surface area contributed by atoms with Crippen LogP contribution >= 0.6 is 0 Å². The molecule has 5 heteroatoms. The largest absolute Gasteiger partial charge is 0.417 e. The molecule has 0 saturated heterocycles. The van der Waals surface area contributed by atoms with Gasteiger partial charge < -0.3 is 15.1 Å². The number of nitrogens with zero attached hydrogens (tertiary/aromatic N) is 1. The molecular formula is C13H19N3O2. The Balaban J connectivity index is 2.00. The third-order valence-electron chi connectivity index (χ3n) is 2.93. The number of nitrogens with one attached hydrogen (secondary N) is 1. The lowest BCUT2D eigenvalue weighted by Crippen LogP contribution is -2.19. The van der Waals surface area contributed by atoms with E-state index in [2.05, 4.69) is 16.9 Å². The van der Waals surface area contributed by atoms with Gasteiger partial charge in [-0.25, -0.2) is 4.79 Å². The van der Waals surface area contributed by atoms with Gasteiger partial charge in [-0.05, 0) is 50.7 Å². The Morgan fingerprint density at radius 3 is 3.00 bits per heavy atom. The molecule has 1 aromatic heterocycles. The number of rotatable bonds is 6. The normalized spacial score (nSPS) is 11.5. The highest BCUT2D eigenvalue weighted by Gasteiger charge is 2.04. The van der Waals surface area contributed by atoms with E-state index in [1.807, 2.05) is 18.2 Å². The molecule has 0 saturated carbocycles. The first-order valence-corrected chi connectivity index (χ1v) is 6.19. The molecule has 0 aliphatic heterocycles. The first-order valence-electron chi connectivity index (χ1n) is 6.19. The van der Waals surface area contributed by atoms with E-state index in [4.69, 9.17) is 10.2 Å². The summed E-state index contributed by atoms with van der Waals surface area (Å²) in [5, 5.41) is 0. The minimum Gasteiger partial charge on any atom is -0.408 e. The molecule has 0 amide bonds. The molecule has 3 N–H and O–H groups in total. The van der Waals surface area contributed by atoms with Gasteiger partial charge in [0.05, 0.1) is 5.52 Å². The fourth-order valence-corrected chi connectivity index (χ4v) is 2.01. The maximum absolute atomic E-state index is 11.1. The van der Waals surface area contributed by atoms with Gasteiger partial charge in [-0.3, -0.25) is 4.98 Å². The zero-order valence-corrected chi connectivity index (χ0v) is 10.6. The van der Waals surface area contributed by atoms with Crippen molar-refractivity contribution in [3.8, 4) is 0 Å². The molecule has 2 aromatic rings. The number of oxazole rings is 1. The number of aromatic nitrogens is 1. The quantitative estimate of drug-likeness (QED) is 0.756. The van der Waals surface area contributed by atoms with Crippen molar-refractivity contribution in [1.82, 2.24) is 9.88 Å². The van der Waals surface area contributed by atoms with Gasteiger partial charge in [-0.15, -0.1) is 0 Å². The van der Waals surface area contributed by atoms with Crippen molar-refractivity contribution >= 4 is 11.1 Å². The number of nitrogens with two attached hydrogens (primary N) is 1. The van der Waals surface area contributed by atoms with Crippen LogP contribution in [0, 0.1) is 0 Å². The molecule has 0 aliphatic rings. The second-order valence-corrected chi connectivity index (χ2v) is 4.58. The van der Waals surface area contributed by atoms with E-state index >= 15 is 0 Å². The minimum atomic E-state index is -0.404. The third-order valence-corrected chi connectivity index (χ3v) is 2.93. The molecule has 2 rings (SSSR count). The predicted molar refractivity (Wildman–Crippen MR) is 71.5 cm³/mol. The molecule has 18 heavy (non-hydrogen) atoms. The summed E-state index contributed by atoms with van der Waals surface area (Å²) in [5.74, 6) is -0.404. The molecule has 0 spiro atoms. The molecule has 98 valence electrons. The van der Waals surface area contributed by atoms with E-state index in [-0.39, 0.29) is 0 Å². The molecule has 0 atom stereocenters. The van der Waals surface area contributed by atoms with E-state index < -0.39 is 5.76 Å². The molecule has 0 bridgehead atoms. The van der Waals surface area contributed by atoms with Gasteiger partial charge >= 0.3 is 5.76 Å². The summed E-state index contributed by atoms with van der Waals surface area (Å²) in [6, 6.07) is 5.77. The summed E-state index contributed by atoms with van der Waals surface area (Å²) in [4.78, 5) is 16.0. The van der Waals surface area contributed by atoms with Crippen LogP contribution in [0.15, 0.2) is 27.4 Å². The Morgan fingerprint density at radius 2 is 2.22 bits per heavy atom. The highest BCUT2D eigenvalue weighted by molar-refractivity contribution is 5.72. The number of H-pyrrole nitrogens is 1. The van der Waals surface area contributed by atoms with Gasteiger partial charge in [0.2, 0.25) is 0 Å². The van der Waals surface area contributed by atoms with Crippen molar-refractivity contribution in [2.45, 2.75) is 19.4 Å². The highest BCUT2D eigenvalue weighted by Crippen LogP contribution is 2.13. The van der Waals surface area contributed by atoms with E-state index in [1.165, 1.54) is 0 Å². The number of hydrogen-bond acceptors (Lipinski definition) is 4. The molecule has 5 nitrogen and oxygen atoms in total. The Morgan fingerprint density at radius 1 is 1.39 bits per heavy atom. The maximum atomic E-state index is 11.1. The Hall–Kier alpha value is -1.59. The van der Waals surface area contributed by atoms with Crippen molar-refractivity contribution in [3.05, 3.63) is 34.3 Å². The van der Waals surface area contributed by atoms with Gasteiger partial charge in [0.15, 0.2) is 5.58 Å². The van der Waals surface area contributed by atoms with Crippen molar-refractivity contribution in [1.29, 1.82) is 0 Å². The van der Waals surface area contributed by atoms with Crippen molar-refractivity contribution in [3.63, 3.8) is 0 Å². The molecular weight excluding hydrogens is 230 g/mol. The lowest BCUT2D eigenvalue weighted by molar-refractivity contribution is 0.319. The van der Waals surface area contributed by atoms with Gasteiger partial charge in [-0.1, -0.05) is 6.07 Å². The lowest BCUT2D eigenvalue weighted by Gasteiger charge is -2.16. The zero-order valence-electron chi connectivity index (χ0n) is 10.6. The lowest BCUT2D eigenvalue weighted by atomic mass is 10.2. The average molecular weight is 249 g/mol. The third kappa shape index (κ3) is 3.21. The molecule has 0 aliphatic carbocycles. The standard InChI is InChI=1S/C13H19N3O2/c1-16(7-3-2-6-14)9-10-4-5-12-11(8-10)15-13(17)18-12/h4-5,8H,2-3,6-7,9,14H2,1H3,(H,15,17). The number of hydrogen-bond donors (Lipinski definition) is 2. The van der Waals surface area contributed by atoms with Gasteiger partial charge in [0.1, 0.15) is 0 Å². The number of fused-ring (bicyclic) bond motifs is 1. The van der Waals surface area contributed by atoms with Crippen LogP contribution in [0.3, 0.4) is 0 Å². The van der Waals surface area contributed by atoms with Crippen molar-refractivity contribution in [2.24, 2.45) is 5.73 Å². The average Bonchev–Trinajstić information content (AvgIpc) is 2.69. The Kier molecular flexibility index (Phi) is 4.17. The molecule has 1 heterocycles. The highest BCUT2D eigenvalue weighted by atomic mass is 16.4. The first kappa shape index (κ1) is 12.9. The number of unbranched alkanes of at least 4 members (excludes halogenated alkanes) is 1. The summed E-state index contributed by atoms with van der Waals surface area (Å²) in [7, 11) is 2.08. The zero-order chi connectivity index (χ0) is 13.0. The molecule has 0 radical (unpaired) electrons. The summed E-state index contributed by atoms with van der Waals surface area (Å²) in [6.07, 6.45) is 2.16. The summed E-state index contributed by atoms with van der Waals surface area (Å²) >= 11 is 0. The second-order valence-electron chi connectivity index (χ2n) is 4.58. The van der Waals surface area contributed by atoms with Crippen LogP contribution in [0.25, 0.3) is 11.1 Å².